The summed E-state index contributed by atoms with van der Waals surface area (Å²) in [6, 6.07) is 0. The number of hydrogen-bond acceptors (Lipinski definition) is 2. The zero-order valence-corrected chi connectivity index (χ0v) is 6.19. The summed E-state index contributed by atoms with van der Waals surface area (Å²) in [5.74, 6) is -0.975. The summed E-state index contributed by atoms with van der Waals surface area (Å²) in [5, 5.41) is 0. The number of primary amides is 1. The van der Waals surface area contributed by atoms with E-state index in [1.807, 2.05) is 6.08 Å². The summed E-state index contributed by atoms with van der Waals surface area (Å²) in [5.41, 5.74) is 5.08. The highest BCUT2D eigenvalue weighted by Gasteiger charge is 2.25. The Morgan fingerprint density at radius 3 is 2.82 bits per heavy atom. The first-order valence-electron chi connectivity index (χ1n) is 3.67. The fourth-order valence-corrected chi connectivity index (χ4v) is 1.31. The van der Waals surface area contributed by atoms with Crippen molar-refractivity contribution >= 4 is 12.2 Å². The third-order valence-electron chi connectivity index (χ3n) is 1.97. The molecule has 0 aromatic heterocycles. The highest BCUT2D eigenvalue weighted by atomic mass is 16.1. The first-order chi connectivity index (χ1) is 5.25. The maximum absolute atomic E-state index is 10.7. The lowest BCUT2D eigenvalue weighted by Crippen LogP contribution is -2.30. The molecule has 1 aliphatic carbocycles. The molecule has 0 heterocycles. The topological polar surface area (TPSA) is 60.2 Å². The second kappa shape index (κ2) is 3.32. The fraction of sp³-hybridized carbons (Fsp3) is 0.500. The summed E-state index contributed by atoms with van der Waals surface area (Å²) in [4.78, 5) is 21.2. The first kappa shape index (κ1) is 7.98. The Labute approximate surface area is 65.3 Å². The number of carbonyl (C=O) groups excluding carboxylic acids is 2. The van der Waals surface area contributed by atoms with Gasteiger partial charge in [0.1, 0.15) is 6.29 Å². The van der Waals surface area contributed by atoms with Crippen LogP contribution >= 0.6 is 0 Å². The van der Waals surface area contributed by atoms with E-state index in [2.05, 4.69) is 0 Å². The van der Waals surface area contributed by atoms with Crippen LogP contribution in [0.25, 0.3) is 0 Å². The van der Waals surface area contributed by atoms with E-state index in [0.717, 1.165) is 19.1 Å². The number of carbonyl (C=O) groups is 2. The average Bonchev–Trinajstić information content (AvgIpc) is 2.04. The zero-order chi connectivity index (χ0) is 8.27. The van der Waals surface area contributed by atoms with E-state index < -0.39 is 5.91 Å². The van der Waals surface area contributed by atoms with Gasteiger partial charge in [0.25, 0.3) is 0 Å². The van der Waals surface area contributed by atoms with E-state index in [1.54, 1.807) is 6.08 Å². The number of nitrogens with two attached hydrogens (primary N) is 1. The molecule has 1 amide bonds. The van der Waals surface area contributed by atoms with Gasteiger partial charge in [-0.3, -0.25) is 4.79 Å². The van der Waals surface area contributed by atoms with Crippen LogP contribution in [0.5, 0.6) is 0 Å². The normalized spacial score (nSPS) is 29.8. The van der Waals surface area contributed by atoms with E-state index in [0.29, 0.717) is 0 Å². The molecule has 1 aliphatic rings. The predicted molar refractivity (Wildman–Crippen MR) is 40.6 cm³/mol. The lowest BCUT2D eigenvalue weighted by molar-refractivity contribution is -0.125. The van der Waals surface area contributed by atoms with Crippen LogP contribution in [0.3, 0.4) is 0 Å². The van der Waals surface area contributed by atoms with Gasteiger partial charge in [-0.15, -0.1) is 0 Å². The van der Waals surface area contributed by atoms with Gasteiger partial charge in [0.15, 0.2) is 0 Å². The molecular formula is C8H11NO2. The van der Waals surface area contributed by atoms with Crippen LogP contribution in [0.4, 0.5) is 0 Å². The number of allylic oxidation sites excluding steroid dienone is 1. The van der Waals surface area contributed by atoms with Crippen LogP contribution in [-0.4, -0.2) is 12.2 Å². The molecule has 11 heavy (non-hydrogen) atoms. The van der Waals surface area contributed by atoms with E-state index in [9.17, 15) is 9.59 Å². The lowest BCUT2D eigenvalue weighted by Gasteiger charge is -2.19. The van der Waals surface area contributed by atoms with Crippen molar-refractivity contribution in [3.8, 4) is 0 Å². The molecule has 0 aliphatic heterocycles. The molecule has 0 saturated carbocycles. The second-order valence-electron chi connectivity index (χ2n) is 2.73. The van der Waals surface area contributed by atoms with Gasteiger partial charge < -0.3 is 10.5 Å². The molecule has 3 heteroatoms. The fourth-order valence-electron chi connectivity index (χ4n) is 1.31. The first-order valence-corrected chi connectivity index (χ1v) is 3.67. The molecule has 0 aromatic carbocycles. The van der Waals surface area contributed by atoms with Crippen LogP contribution in [0.1, 0.15) is 12.8 Å². The largest absolute Gasteiger partial charge is 0.369 e. The van der Waals surface area contributed by atoms with E-state index in [1.165, 1.54) is 0 Å². The van der Waals surface area contributed by atoms with Gasteiger partial charge in [0.2, 0.25) is 5.91 Å². The average molecular weight is 153 g/mol. The van der Waals surface area contributed by atoms with Crippen molar-refractivity contribution in [2.24, 2.45) is 17.6 Å². The summed E-state index contributed by atoms with van der Waals surface area (Å²) in [6.07, 6.45) is 6.06. The standard InChI is InChI=1S/C8H11NO2/c9-8(11)7-4-2-1-3-6(7)5-10/h2,4-7H,1,3H2,(H2,9,11). The summed E-state index contributed by atoms with van der Waals surface area (Å²) < 4.78 is 0. The molecule has 2 atom stereocenters. The Kier molecular flexibility index (Phi) is 2.41. The molecule has 60 valence electrons. The molecule has 0 bridgehead atoms. The minimum absolute atomic E-state index is 0.197. The Balaban J connectivity index is 2.72. The van der Waals surface area contributed by atoms with Crippen molar-refractivity contribution in [2.45, 2.75) is 12.8 Å². The Morgan fingerprint density at radius 1 is 1.64 bits per heavy atom. The molecule has 0 saturated heterocycles. The Hall–Kier alpha value is -1.12. The predicted octanol–water partition coefficient (Wildman–Crippen LogP) is 0.253. The molecule has 0 fully saturated rings. The van der Waals surface area contributed by atoms with Crippen LogP contribution in [0.15, 0.2) is 12.2 Å². The highest BCUT2D eigenvalue weighted by molar-refractivity contribution is 5.82. The van der Waals surface area contributed by atoms with Gasteiger partial charge in [0, 0.05) is 5.92 Å². The number of rotatable bonds is 2. The van der Waals surface area contributed by atoms with Crippen molar-refractivity contribution in [1.82, 2.24) is 0 Å². The molecule has 1 rings (SSSR count). The maximum atomic E-state index is 10.7. The van der Waals surface area contributed by atoms with Gasteiger partial charge in [-0.05, 0) is 12.8 Å². The number of amides is 1. The lowest BCUT2D eigenvalue weighted by atomic mass is 9.85. The molecule has 2 unspecified atom stereocenters. The van der Waals surface area contributed by atoms with E-state index in [4.69, 9.17) is 5.73 Å². The molecule has 0 radical (unpaired) electrons. The van der Waals surface area contributed by atoms with Crippen LogP contribution in [0, 0.1) is 11.8 Å². The van der Waals surface area contributed by atoms with Crippen molar-refractivity contribution in [3.63, 3.8) is 0 Å². The van der Waals surface area contributed by atoms with Gasteiger partial charge in [0.05, 0.1) is 5.92 Å². The Morgan fingerprint density at radius 2 is 2.36 bits per heavy atom. The van der Waals surface area contributed by atoms with Crippen molar-refractivity contribution in [3.05, 3.63) is 12.2 Å². The summed E-state index contributed by atoms with van der Waals surface area (Å²) in [6.45, 7) is 0. The molecule has 0 aromatic rings. The summed E-state index contributed by atoms with van der Waals surface area (Å²) >= 11 is 0. The Bertz CT molecular complexity index is 198. The second-order valence-corrected chi connectivity index (χ2v) is 2.73. The molecule has 0 spiro atoms. The van der Waals surface area contributed by atoms with Gasteiger partial charge >= 0.3 is 0 Å². The highest BCUT2D eigenvalue weighted by Crippen LogP contribution is 2.22. The third kappa shape index (κ3) is 1.67. The van der Waals surface area contributed by atoms with Crippen LogP contribution in [-0.2, 0) is 9.59 Å². The summed E-state index contributed by atoms with van der Waals surface area (Å²) in [7, 11) is 0. The quantitative estimate of drug-likeness (QED) is 0.456. The number of aldehydes is 1. The van der Waals surface area contributed by atoms with Gasteiger partial charge in [-0.1, -0.05) is 12.2 Å². The van der Waals surface area contributed by atoms with Crippen LogP contribution in [0.2, 0.25) is 0 Å². The van der Waals surface area contributed by atoms with E-state index in [-0.39, 0.29) is 11.8 Å². The molecular weight excluding hydrogens is 142 g/mol. The SMILES string of the molecule is NC(=O)C1C=CCCC1C=O. The van der Waals surface area contributed by atoms with Gasteiger partial charge in [-0.25, -0.2) is 0 Å². The van der Waals surface area contributed by atoms with Gasteiger partial charge in [-0.2, -0.15) is 0 Å². The maximum Gasteiger partial charge on any atom is 0.225 e. The van der Waals surface area contributed by atoms with E-state index >= 15 is 0 Å². The smallest absolute Gasteiger partial charge is 0.225 e. The molecule has 2 N–H and O–H groups in total. The zero-order valence-electron chi connectivity index (χ0n) is 6.19. The third-order valence-corrected chi connectivity index (χ3v) is 1.97. The minimum Gasteiger partial charge on any atom is -0.369 e. The number of hydrogen-bond donors (Lipinski definition) is 1. The van der Waals surface area contributed by atoms with Crippen molar-refractivity contribution in [1.29, 1.82) is 0 Å². The monoisotopic (exact) mass is 153 g/mol. The van der Waals surface area contributed by atoms with Crippen LogP contribution < -0.4 is 5.73 Å². The van der Waals surface area contributed by atoms with Crippen molar-refractivity contribution < 1.29 is 9.59 Å². The molecule has 3 nitrogen and oxygen atoms in total. The minimum atomic E-state index is -0.405. The van der Waals surface area contributed by atoms with Crippen molar-refractivity contribution in [2.75, 3.05) is 0 Å².